The predicted octanol–water partition coefficient (Wildman–Crippen LogP) is 13.2. The first kappa shape index (κ1) is 43.0. The number of hydrogen-bond donors (Lipinski definition) is 3. The Morgan fingerprint density at radius 3 is 1.46 bits per heavy atom. The second-order valence-electron chi connectivity index (χ2n) is 21.3. The lowest BCUT2D eigenvalue weighted by Gasteiger charge is -2.48. The minimum absolute atomic E-state index is 0.519. The summed E-state index contributed by atoms with van der Waals surface area (Å²) in [6.07, 6.45) is 7.51. The molecule has 0 aliphatic carbocycles. The number of aryl methyl sites for hydroxylation is 4. The lowest BCUT2D eigenvalue weighted by Crippen LogP contribution is -2.58. The van der Waals surface area contributed by atoms with Crippen molar-refractivity contribution >= 4 is 43.6 Å². The quantitative estimate of drug-likeness (QED) is 0.156. The molecule has 0 amide bonds. The molecule has 4 fully saturated rings. The predicted molar refractivity (Wildman–Crippen MR) is 290 cm³/mol. The standard InChI is InChI=1S/C63H66N6/c1-38-34-44(35-39(2)58(38)50-28-31-64-52-14-10-30-66-62(50)52)42-18-22-46(23-19-42)68-54-16-8-6-12-48(54)60-56(68)26-27-57-61(60)49-13-7-9-17-55(49)69(57)47-24-20-43(21-25-47)45-36-40(3)59(41(4)37-45)51-29-32-65-53-15-11-33-67(5)63(51)53/h6-9,12-13,16-27,34-37,50-53,62-66H,10-11,14-15,28-33H2,1-5H3. The minimum atomic E-state index is 0.519. The van der Waals surface area contributed by atoms with Crippen molar-refractivity contribution in [1.29, 1.82) is 0 Å². The van der Waals surface area contributed by atoms with Crippen molar-refractivity contribution in [3.05, 3.63) is 167 Å². The molecular weight excluding hydrogens is 841 g/mol. The van der Waals surface area contributed by atoms with Gasteiger partial charge in [0.25, 0.3) is 0 Å². The molecule has 4 aliphatic rings. The van der Waals surface area contributed by atoms with Crippen LogP contribution < -0.4 is 16.0 Å². The molecule has 69 heavy (non-hydrogen) atoms. The van der Waals surface area contributed by atoms with E-state index in [1.165, 1.54) is 145 Å². The molecule has 0 bridgehead atoms. The van der Waals surface area contributed by atoms with Gasteiger partial charge < -0.3 is 30.0 Å². The topological polar surface area (TPSA) is 49.2 Å². The van der Waals surface area contributed by atoms with Gasteiger partial charge in [0, 0.05) is 68.9 Å². The molecule has 13 rings (SSSR count). The van der Waals surface area contributed by atoms with Crippen LogP contribution in [0.2, 0.25) is 0 Å². The molecule has 0 spiro atoms. The summed E-state index contributed by atoms with van der Waals surface area (Å²) in [4.78, 5) is 2.63. The van der Waals surface area contributed by atoms with Crippen LogP contribution in [0.5, 0.6) is 0 Å². The average Bonchev–Trinajstić information content (AvgIpc) is 3.89. The van der Waals surface area contributed by atoms with Crippen molar-refractivity contribution in [3.8, 4) is 33.6 Å². The molecular formula is C63H66N6. The summed E-state index contributed by atoms with van der Waals surface area (Å²) in [5, 5.41) is 16.7. The number of hydrogen-bond acceptors (Lipinski definition) is 4. The average molecular weight is 907 g/mol. The van der Waals surface area contributed by atoms with Crippen molar-refractivity contribution in [3.63, 3.8) is 0 Å². The van der Waals surface area contributed by atoms with Crippen LogP contribution >= 0.6 is 0 Å². The van der Waals surface area contributed by atoms with Gasteiger partial charge in [0.05, 0.1) is 22.1 Å². The molecule has 9 aromatic rings. The fraction of sp³-hybridized carbons (Fsp3) is 0.333. The van der Waals surface area contributed by atoms with Gasteiger partial charge in [0.2, 0.25) is 0 Å². The number of nitrogens with one attached hydrogen (secondary N) is 3. The van der Waals surface area contributed by atoms with E-state index in [9.17, 15) is 0 Å². The summed E-state index contributed by atoms with van der Waals surface area (Å²) in [5.74, 6) is 1.13. The second kappa shape index (κ2) is 17.1. The van der Waals surface area contributed by atoms with E-state index in [0.717, 1.165) is 19.6 Å². The maximum atomic E-state index is 3.90. The summed E-state index contributed by atoms with van der Waals surface area (Å²) in [5.41, 5.74) is 21.2. The van der Waals surface area contributed by atoms with Gasteiger partial charge in [-0.1, -0.05) is 84.9 Å². The van der Waals surface area contributed by atoms with Crippen molar-refractivity contribution in [2.24, 2.45) is 0 Å². The van der Waals surface area contributed by atoms with Gasteiger partial charge in [-0.2, -0.15) is 0 Å². The third-order valence-electron chi connectivity index (χ3n) is 17.3. The van der Waals surface area contributed by atoms with E-state index in [1.54, 1.807) is 11.1 Å². The molecule has 348 valence electrons. The Hall–Kier alpha value is -6.02. The van der Waals surface area contributed by atoms with E-state index < -0.39 is 0 Å². The molecule has 6 unspecified atom stereocenters. The smallest absolute Gasteiger partial charge is 0.0548 e. The normalized spacial score (nSPS) is 23.2. The second-order valence-corrected chi connectivity index (χ2v) is 21.3. The summed E-state index contributed by atoms with van der Waals surface area (Å²) in [7, 11) is 2.34. The summed E-state index contributed by atoms with van der Waals surface area (Å²) >= 11 is 0. The molecule has 6 heterocycles. The van der Waals surface area contributed by atoms with E-state index in [2.05, 4.69) is 198 Å². The van der Waals surface area contributed by atoms with Crippen molar-refractivity contribution < 1.29 is 0 Å². The Kier molecular flexibility index (Phi) is 10.7. The number of nitrogens with zero attached hydrogens (tertiary/aromatic N) is 3. The Balaban J connectivity index is 0.852. The molecule has 6 atom stereocenters. The molecule has 2 aromatic heterocycles. The lowest BCUT2D eigenvalue weighted by atomic mass is 9.75. The van der Waals surface area contributed by atoms with Gasteiger partial charge in [-0.25, -0.2) is 0 Å². The zero-order chi connectivity index (χ0) is 46.5. The van der Waals surface area contributed by atoms with Crippen molar-refractivity contribution in [2.75, 3.05) is 33.2 Å². The fourth-order valence-electron chi connectivity index (χ4n) is 14.5. The summed E-state index contributed by atoms with van der Waals surface area (Å²) < 4.78 is 4.96. The zero-order valence-corrected chi connectivity index (χ0v) is 41.1. The molecule has 7 aromatic carbocycles. The maximum Gasteiger partial charge on any atom is 0.0548 e. The number of rotatable bonds is 6. The Labute approximate surface area is 407 Å². The van der Waals surface area contributed by atoms with Crippen LogP contribution in [0.25, 0.3) is 77.2 Å². The van der Waals surface area contributed by atoms with Gasteiger partial charge in [-0.05, 0) is 204 Å². The van der Waals surface area contributed by atoms with Crippen LogP contribution in [0.4, 0.5) is 0 Å². The van der Waals surface area contributed by atoms with E-state index in [1.807, 2.05) is 0 Å². The van der Waals surface area contributed by atoms with E-state index in [-0.39, 0.29) is 0 Å². The minimum Gasteiger partial charge on any atom is -0.312 e. The van der Waals surface area contributed by atoms with Crippen molar-refractivity contribution in [2.45, 2.75) is 102 Å². The van der Waals surface area contributed by atoms with Gasteiger partial charge in [0.15, 0.2) is 0 Å². The summed E-state index contributed by atoms with van der Waals surface area (Å²) in [6.45, 7) is 13.9. The van der Waals surface area contributed by atoms with Gasteiger partial charge in [0.1, 0.15) is 0 Å². The Morgan fingerprint density at radius 2 is 0.913 bits per heavy atom. The largest absolute Gasteiger partial charge is 0.312 e. The number of likely N-dealkylation sites (N-methyl/N-ethyl adjacent to an activating group) is 1. The highest BCUT2D eigenvalue weighted by atomic mass is 15.2. The van der Waals surface area contributed by atoms with Crippen LogP contribution in [-0.4, -0.2) is 71.4 Å². The van der Waals surface area contributed by atoms with Crippen LogP contribution in [0.1, 0.15) is 83.7 Å². The van der Waals surface area contributed by atoms with Crippen LogP contribution in [0.15, 0.2) is 133 Å². The Bertz CT molecular complexity index is 3380. The highest BCUT2D eigenvalue weighted by molar-refractivity contribution is 6.28. The van der Waals surface area contributed by atoms with Crippen LogP contribution in [-0.2, 0) is 0 Å². The van der Waals surface area contributed by atoms with Gasteiger partial charge in [-0.3, -0.25) is 0 Å². The third-order valence-corrected chi connectivity index (χ3v) is 17.3. The maximum absolute atomic E-state index is 3.90. The van der Waals surface area contributed by atoms with Crippen LogP contribution in [0.3, 0.4) is 0 Å². The van der Waals surface area contributed by atoms with Crippen molar-refractivity contribution in [1.82, 2.24) is 30.0 Å². The number of para-hydroxylation sites is 2. The number of piperidine rings is 4. The molecule has 0 saturated carbocycles. The number of aromatic nitrogens is 2. The van der Waals surface area contributed by atoms with Crippen LogP contribution in [0, 0.1) is 27.7 Å². The summed E-state index contributed by atoms with van der Waals surface area (Å²) in [6, 6.07) is 53.4. The molecule has 6 nitrogen and oxygen atoms in total. The first-order valence-electron chi connectivity index (χ1n) is 26.1. The van der Waals surface area contributed by atoms with Gasteiger partial charge in [-0.15, -0.1) is 0 Å². The number of fused-ring (bicyclic) bond motifs is 9. The SMILES string of the molecule is Cc1cc(-c2ccc(-n3c4ccccc4c4c5c6ccccc6n(-c6ccc(-c7cc(C)c(C8CCNC9CCCN(C)C98)c(C)c7)cc6)c5ccc43)cc2)cc(C)c1C1CCNC2CCCNC21. The lowest BCUT2D eigenvalue weighted by molar-refractivity contribution is 0.0934. The first-order valence-corrected chi connectivity index (χ1v) is 26.1. The number of likely N-dealkylation sites (tertiary alicyclic amines) is 1. The first-order chi connectivity index (χ1) is 33.8. The highest BCUT2D eigenvalue weighted by Gasteiger charge is 2.40. The third kappa shape index (κ3) is 7.04. The fourth-order valence-corrected chi connectivity index (χ4v) is 14.5. The van der Waals surface area contributed by atoms with E-state index in [4.69, 9.17) is 0 Å². The Morgan fingerprint density at radius 1 is 0.435 bits per heavy atom. The molecule has 3 N–H and O–H groups in total. The van der Waals surface area contributed by atoms with E-state index in [0.29, 0.717) is 36.0 Å². The molecule has 6 heteroatoms. The monoisotopic (exact) mass is 907 g/mol. The number of benzene rings is 7. The zero-order valence-electron chi connectivity index (χ0n) is 41.1. The van der Waals surface area contributed by atoms with E-state index >= 15 is 0 Å². The molecule has 4 saturated heterocycles. The molecule has 4 aliphatic heterocycles. The molecule has 0 radical (unpaired) electrons. The van der Waals surface area contributed by atoms with Gasteiger partial charge >= 0.3 is 0 Å². The highest BCUT2D eigenvalue weighted by Crippen LogP contribution is 2.44.